The van der Waals surface area contributed by atoms with Gasteiger partial charge in [0.1, 0.15) is 0 Å². The normalized spacial score (nSPS) is 22.1. The molecule has 0 bridgehead atoms. The van der Waals surface area contributed by atoms with Crippen molar-refractivity contribution in [2.24, 2.45) is 0 Å². The van der Waals surface area contributed by atoms with E-state index in [9.17, 15) is 4.79 Å². The van der Waals surface area contributed by atoms with Crippen molar-refractivity contribution >= 4 is 17.4 Å². The Hall–Kier alpha value is -2.04. The Morgan fingerprint density at radius 2 is 1.95 bits per heavy atom. The van der Waals surface area contributed by atoms with Crippen molar-refractivity contribution < 1.29 is 14.3 Å². The lowest BCUT2D eigenvalue weighted by Crippen LogP contribution is -2.10. The number of benzene rings is 2. The van der Waals surface area contributed by atoms with Crippen molar-refractivity contribution in [3.05, 3.63) is 58.6 Å². The van der Waals surface area contributed by atoms with Gasteiger partial charge in [0.05, 0.1) is 17.1 Å². The molecule has 2 atom stereocenters. The molecule has 4 rings (SSSR count). The summed E-state index contributed by atoms with van der Waals surface area (Å²) in [5.74, 6) is 1.49. The molecule has 2 aliphatic rings. The molecule has 21 heavy (non-hydrogen) atoms. The third kappa shape index (κ3) is 2.17. The summed E-state index contributed by atoms with van der Waals surface area (Å²) in [6, 6.07) is 12.6. The van der Waals surface area contributed by atoms with E-state index in [1.165, 1.54) is 0 Å². The monoisotopic (exact) mass is 301 g/mol. The summed E-state index contributed by atoms with van der Waals surface area (Å²) in [7, 11) is 0. The fraction of sp³-hybridized carbons (Fsp3) is 0.188. The largest absolute Gasteiger partial charge is 0.454 e. The number of hydrogen-bond acceptors (Lipinski definition) is 4. The minimum Gasteiger partial charge on any atom is -0.454 e. The molecule has 4 nitrogen and oxygen atoms in total. The molecule has 0 unspecified atom stereocenters. The Balaban J connectivity index is 1.56. The maximum Gasteiger partial charge on any atom is 0.231 e. The third-order valence-corrected chi connectivity index (χ3v) is 4.09. The molecule has 0 spiro atoms. The highest BCUT2D eigenvalue weighted by Crippen LogP contribution is 2.39. The van der Waals surface area contributed by atoms with E-state index < -0.39 is 0 Å². The van der Waals surface area contributed by atoms with Crippen LogP contribution in [0.25, 0.3) is 0 Å². The van der Waals surface area contributed by atoms with Gasteiger partial charge in [-0.2, -0.15) is 0 Å². The van der Waals surface area contributed by atoms with Crippen LogP contribution in [-0.4, -0.2) is 18.6 Å². The van der Waals surface area contributed by atoms with E-state index in [1.54, 1.807) is 12.1 Å². The SMILES string of the molecule is O=C(c1ccccc1Cl)[C@H]1N[C@@H]1c1ccc2c(c1)OCO2. The Morgan fingerprint density at radius 3 is 2.81 bits per heavy atom. The van der Waals surface area contributed by atoms with Crippen LogP contribution in [0.1, 0.15) is 22.0 Å². The molecule has 5 heteroatoms. The minimum atomic E-state index is -0.231. The van der Waals surface area contributed by atoms with E-state index in [2.05, 4.69) is 5.32 Å². The van der Waals surface area contributed by atoms with E-state index in [1.807, 2.05) is 30.3 Å². The molecule has 0 aromatic heterocycles. The number of carbonyl (C=O) groups is 1. The molecule has 1 N–H and O–H groups in total. The van der Waals surface area contributed by atoms with Gasteiger partial charge >= 0.3 is 0 Å². The second-order valence-corrected chi connectivity index (χ2v) is 5.49. The van der Waals surface area contributed by atoms with Crippen LogP contribution in [-0.2, 0) is 0 Å². The zero-order chi connectivity index (χ0) is 14.4. The second-order valence-electron chi connectivity index (χ2n) is 5.08. The first-order chi connectivity index (χ1) is 10.2. The van der Waals surface area contributed by atoms with Crippen molar-refractivity contribution in [3.63, 3.8) is 0 Å². The number of Topliss-reactive ketones (excluding diaryl/α,β-unsaturated/α-hetero) is 1. The number of rotatable bonds is 3. The zero-order valence-electron chi connectivity index (χ0n) is 11.0. The van der Waals surface area contributed by atoms with E-state index >= 15 is 0 Å². The van der Waals surface area contributed by atoms with Crippen LogP contribution in [0.15, 0.2) is 42.5 Å². The molecule has 2 aromatic carbocycles. The summed E-state index contributed by atoms with van der Waals surface area (Å²) in [5.41, 5.74) is 1.57. The number of ether oxygens (including phenoxy) is 2. The average molecular weight is 302 g/mol. The van der Waals surface area contributed by atoms with Gasteiger partial charge in [-0.25, -0.2) is 0 Å². The lowest BCUT2D eigenvalue weighted by Gasteiger charge is -2.02. The quantitative estimate of drug-likeness (QED) is 0.699. The Labute approximate surface area is 126 Å². The first kappa shape index (κ1) is 12.7. The number of halogens is 1. The Morgan fingerprint density at radius 1 is 1.14 bits per heavy atom. The second kappa shape index (κ2) is 4.76. The molecule has 106 valence electrons. The lowest BCUT2D eigenvalue weighted by atomic mass is 10.0. The van der Waals surface area contributed by atoms with Gasteiger partial charge in [0, 0.05) is 5.56 Å². The molecular weight excluding hydrogens is 290 g/mol. The van der Waals surface area contributed by atoms with Crippen LogP contribution in [0, 0.1) is 0 Å². The summed E-state index contributed by atoms with van der Waals surface area (Å²) >= 11 is 6.08. The molecule has 0 aliphatic carbocycles. The maximum absolute atomic E-state index is 12.4. The van der Waals surface area contributed by atoms with Crippen LogP contribution < -0.4 is 14.8 Å². The zero-order valence-corrected chi connectivity index (χ0v) is 11.8. The Kier molecular flexibility index (Phi) is 2.87. The van der Waals surface area contributed by atoms with Crippen LogP contribution in [0.2, 0.25) is 5.02 Å². The van der Waals surface area contributed by atoms with Crippen LogP contribution in [0.4, 0.5) is 0 Å². The predicted octanol–water partition coefficient (Wildman–Crippen LogP) is 2.96. The van der Waals surface area contributed by atoms with Gasteiger partial charge in [0.15, 0.2) is 17.3 Å². The predicted molar refractivity (Wildman–Crippen MR) is 78.0 cm³/mol. The van der Waals surface area contributed by atoms with Crippen LogP contribution in [0.5, 0.6) is 11.5 Å². The van der Waals surface area contributed by atoms with Crippen molar-refractivity contribution in [1.82, 2.24) is 5.32 Å². The topological polar surface area (TPSA) is 57.5 Å². The molecule has 2 aliphatic heterocycles. The summed E-state index contributed by atoms with van der Waals surface area (Å²) in [4.78, 5) is 12.4. The number of carbonyl (C=O) groups excluding carboxylic acids is 1. The first-order valence-corrected chi connectivity index (χ1v) is 7.06. The highest BCUT2D eigenvalue weighted by atomic mass is 35.5. The van der Waals surface area contributed by atoms with Crippen LogP contribution in [0.3, 0.4) is 0 Å². The van der Waals surface area contributed by atoms with Gasteiger partial charge in [0.2, 0.25) is 6.79 Å². The van der Waals surface area contributed by atoms with Gasteiger partial charge in [-0.15, -0.1) is 0 Å². The highest BCUT2D eigenvalue weighted by molar-refractivity contribution is 6.34. The smallest absolute Gasteiger partial charge is 0.231 e. The van der Waals surface area contributed by atoms with Crippen molar-refractivity contribution in [3.8, 4) is 11.5 Å². The first-order valence-electron chi connectivity index (χ1n) is 6.68. The molecule has 0 saturated carbocycles. The van der Waals surface area contributed by atoms with Crippen LogP contribution >= 0.6 is 11.6 Å². The van der Waals surface area contributed by atoms with Gasteiger partial charge in [-0.1, -0.05) is 29.8 Å². The molecule has 1 fully saturated rings. The van der Waals surface area contributed by atoms with E-state index in [-0.39, 0.29) is 24.7 Å². The van der Waals surface area contributed by atoms with Crippen molar-refractivity contribution in [2.75, 3.05) is 6.79 Å². The third-order valence-electron chi connectivity index (χ3n) is 3.76. The fourth-order valence-corrected chi connectivity index (χ4v) is 2.82. The van der Waals surface area contributed by atoms with Gasteiger partial charge < -0.3 is 9.47 Å². The van der Waals surface area contributed by atoms with Gasteiger partial charge in [-0.3, -0.25) is 10.1 Å². The number of nitrogens with one attached hydrogen (secondary N) is 1. The van der Waals surface area contributed by atoms with E-state index in [0.717, 1.165) is 17.1 Å². The summed E-state index contributed by atoms with van der Waals surface area (Å²) in [6.45, 7) is 0.249. The number of hydrogen-bond donors (Lipinski definition) is 1. The van der Waals surface area contributed by atoms with Crippen molar-refractivity contribution in [2.45, 2.75) is 12.1 Å². The number of fused-ring (bicyclic) bond motifs is 1. The summed E-state index contributed by atoms with van der Waals surface area (Å²) < 4.78 is 10.6. The highest BCUT2D eigenvalue weighted by Gasteiger charge is 2.44. The molecule has 0 radical (unpaired) electrons. The summed E-state index contributed by atoms with van der Waals surface area (Å²) in [6.07, 6.45) is 0. The molecule has 1 saturated heterocycles. The molecular formula is C16H12ClNO3. The Bertz CT molecular complexity index is 731. The van der Waals surface area contributed by atoms with Gasteiger partial charge in [0.25, 0.3) is 0 Å². The number of ketones is 1. The molecule has 0 amide bonds. The lowest BCUT2D eigenvalue weighted by molar-refractivity contribution is 0.0988. The molecule has 2 aromatic rings. The average Bonchev–Trinajstić information content (AvgIpc) is 3.16. The summed E-state index contributed by atoms with van der Waals surface area (Å²) in [5, 5.41) is 3.68. The standard InChI is InChI=1S/C16H12ClNO3/c17-11-4-2-1-3-10(11)16(19)15-14(18-15)9-5-6-12-13(7-9)21-8-20-12/h1-7,14-15,18H,8H2/t14-,15+/m1/s1. The van der Waals surface area contributed by atoms with E-state index in [4.69, 9.17) is 21.1 Å². The van der Waals surface area contributed by atoms with Gasteiger partial charge in [-0.05, 0) is 29.8 Å². The molecule has 2 heterocycles. The maximum atomic E-state index is 12.4. The fourth-order valence-electron chi connectivity index (χ4n) is 2.59. The minimum absolute atomic E-state index is 0.00303. The van der Waals surface area contributed by atoms with E-state index in [0.29, 0.717) is 10.6 Å². The van der Waals surface area contributed by atoms with Crippen molar-refractivity contribution in [1.29, 1.82) is 0 Å².